The molecular formula is C23H27ClN2OS. The number of hydrogen-bond donors (Lipinski definition) is 0. The third kappa shape index (κ3) is 4.40. The van der Waals surface area contributed by atoms with Crippen molar-refractivity contribution in [3.8, 4) is 0 Å². The number of carbonyl (C=O) groups excluding carboxylic acids is 1. The number of thiophene rings is 1. The first-order valence-electron chi connectivity index (χ1n) is 9.67. The van der Waals surface area contributed by atoms with Gasteiger partial charge in [-0.05, 0) is 31.4 Å². The van der Waals surface area contributed by atoms with Crippen LogP contribution in [0.1, 0.15) is 26.5 Å². The predicted octanol–water partition coefficient (Wildman–Crippen LogP) is 5.33. The van der Waals surface area contributed by atoms with Gasteiger partial charge < -0.3 is 4.90 Å². The second-order valence-corrected chi connectivity index (χ2v) is 8.79. The predicted molar refractivity (Wildman–Crippen MR) is 123 cm³/mol. The van der Waals surface area contributed by atoms with Crippen molar-refractivity contribution in [1.29, 1.82) is 0 Å². The first-order valence-corrected chi connectivity index (χ1v) is 10.5. The Morgan fingerprint density at radius 2 is 1.71 bits per heavy atom. The molecule has 148 valence electrons. The number of anilines is 1. The van der Waals surface area contributed by atoms with Gasteiger partial charge in [0.1, 0.15) is 0 Å². The van der Waals surface area contributed by atoms with Crippen molar-refractivity contribution in [3.63, 3.8) is 0 Å². The molecule has 28 heavy (non-hydrogen) atoms. The quantitative estimate of drug-likeness (QED) is 0.527. The van der Waals surface area contributed by atoms with Crippen molar-refractivity contribution >= 4 is 46.0 Å². The standard InChI is InChI=1S/C23H26N2OS.ClH/c1-17-16-21(18(2)27-17)23(26)10-11-24-12-14-25(15-13-24)22-9-5-7-19-6-3-4-8-20(19)22;/h3-9,16H,10-15H2,1-2H3;1H. The molecule has 2 heterocycles. The van der Waals surface area contributed by atoms with E-state index in [1.54, 1.807) is 11.3 Å². The van der Waals surface area contributed by atoms with E-state index in [1.807, 2.05) is 13.0 Å². The molecule has 1 saturated heterocycles. The highest BCUT2D eigenvalue weighted by atomic mass is 35.5. The van der Waals surface area contributed by atoms with Crippen LogP contribution in [0.25, 0.3) is 10.8 Å². The van der Waals surface area contributed by atoms with Gasteiger partial charge in [-0.1, -0.05) is 36.4 Å². The number of hydrogen-bond acceptors (Lipinski definition) is 4. The van der Waals surface area contributed by atoms with Crippen LogP contribution >= 0.6 is 23.7 Å². The smallest absolute Gasteiger partial charge is 0.165 e. The monoisotopic (exact) mass is 414 g/mol. The summed E-state index contributed by atoms with van der Waals surface area (Å²) >= 11 is 1.72. The van der Waals surface area contributed by atoms with E-state index in [-0.39, 0.29) is 18.2 Å². The number of benzene rings is 2. The van der Waals surface area contributed by atoms with Gasteiger partial charge in [0, 0.05) is 65.5 Å². The Morgan fingerprint density at radius 1 is 1.00 bits per heavy atom. The molecule has 1 aliphatic rings. The molecule has 0 atom stereocenters. The number of fused-ring (bicyclic) bond motifs is 1. The zero-order chi connectivity index (χ0) is 18.8. The van der Waals surface area contributed by atoms with Crippen molar-refractivity contribution < 1.29 is 4.79 Å². The average molecular weight is 415 g/mol. The summed E-state index contributed by atoms with van der Waals surface area (Å²) in [5.41, 5.74) is 2.25. The lowest BCUT2D eigenvalue weighted by Gasteiger charge is -2.36. The van der Waals surface area contributed by atoms with Crippen LogP contribution in [0.4, 0.5) is 5.69 Å². The number of nitrogens with zero attached hydrogens (tertiary/aromatic N) is 2. The Morgan fingerprint density at radius 3 is 2.43 bits per heavy atom. The zero-order valence-electron chi connectivity index (χ0n) is 16.5. The summed E-state index contributed by atoms with van der Waals surface area (Å²) in [6.07, 6.45) is 0.616. The fourth-order valence-electron chi connectivity index (χ4n) is 4.00. The van der Waals surface area contributed by atoms with Crippen LogP contribution < -0.4 is 4.90 Å². The van der Waals surface area contributed by atoms with Crippen molar-refractivity contribution in [2.45, 2.75) is 20.3 Å². The lowest BCUT2D eigenvalue weighted by Crippen LogP contribution is -2.47. The van der Waals surface area contributed by atoms with Crippen LogP contribution in [0.15, 0.2) is 48.5 Å². The van der Waals surface area contributed by atoms with E-state index >= 15 is 0 Å². The number of ketones is 1. The molecule has 3 aromatic rings. The summed E-state index contributed by atoms with van der Waals surface area (Å²) in [4.78, 5) is 19.8. The minimum atomic E-state index is 0. The normalized spacial score (nSPS) is 14.9. The fraction of sp³-hybridized carbons (Fsp3) is 0.348. The van der Waals surface area contributed by atoms with E-state index in [0.717, 1.165) is 43.2 Å². The van der Waals surface area contributed by atoms with Gasteiger partial charge in [0.25, 0.3) is 0 Å². The molecule has 1 fully saturated rings. The Balaban J connectivity index is 0.00000225. The van der Waals surface area contributed by atoms with Crippen molar-refractivity contribution in [3.05, 3.63) is 63.8 Å². The van der Waals surface area contributed by atoms with E-state index in [4.69, 9.17) is 0 Å². The average Bonchev–Trinajstić information content (AvgIpc) is 3.04. The topological polar surface area (TPSA) is 23.6 Å². The van der Waals surface area contributed by atoms with Crippen LogP contribution in [0.2, 0.25) is 0 Å². The summed E-state index contributed by atoms with van der Waals surface area (Å²) in [6, 6.07) is 17.2. The van der Waals surface area contributed by atoms with Crippen LogP contribution in [-0.2, 0) is 0 Å². The van der Waals surface area contributed by atoms with Gasteiger partial charge in [-0.3, -0.25) is 9.69 Å². The van der Waals surface area contributed by atoms with Gasteiger partial charge >= 0.3 is 0 Å². The third-order valence-corrected chi connectivity index (χ3v) is 6.44. The lowest BCUT2D eigenvalue weighted by molar-refractivity contribution is 0.0962. The number of piperazine rings is 1. The highest BCUT2D eigenvalue weighted by molar-refractivity contribution is 7.12. The highest BCUT2D eigenvalue weighted by Gasteiger charge is 2.20. The molecule has 0 N–H and O–H groups in total. The third-order valence-electron chi connectivity index (χ3n) is 5.48. The maximum atomic E-state index is 12.5. The first kappa shape index (κ1) is 20.8. The number of Topliss-reactive ketones (excluding diaryl/α,β-unsaturated/α-hetero) is 1. The maximum absolute atomic E-state index is 12.5. The fourth-order valence-corrected chi connectivity index (χ4v) is 4.94. The SMILES string of the molecule is Cc1cc(C(=O)CCN2CCN(c3cccc4ccccc34)CC2)c(C)s1.Cl. The van der Waals surface area contributed by atoms with E-state index in [0.29, 0.717) is 6.42 Å². The largest absolute Gasteiger partial charge is 0.368 e. The first-order chi connectivity index (χ1) is 13.1. The Hall–Kier alpha value is -1.88. The molecule has 3 nitrogen and oxygen atoms in total. The molecule has 0 bridgehead atoms. The van der Waals surface area contributed by atoms with Gasteiger partial charge in [0.05, 0.1) is 0 Å². The highest BCUT2D eigenvalue weighted by Crippen LogP contribution is 2.27. The van der Waals surface area contributed by atoms with E-state index in [2.05, 4.69) is 59.2 Å². The second-order valence-electron chi connectivity index (χ2n) is 7.33. The zero-order valence-corrected chi connectivity index (χ0v) is 18.1. The number of carbonyl (C=O) groups is 1. The van der Waals surface area contributed by atoms with Gasteiger partial charge in [-0.25, -0.2) is 0 Å². The Labute approximate surface area is 177 Å². The van der Waals surface area contributed by atoms with E-state index < -0.39 is 0 Å². The lowest BCUT2D eigenvalue weighted by atomic mass is 10.1. The summed E-state index contributed by atoms with van der Waals surface area (Å²) in [5, 5.41) is 2.62. The van der Waals surface area contributed by atoms with Crippen molar-refractivity contribution in [2.24, 2.45) is 0 Å². The molecule has 0 aliphatic carbocycles. The molecule has 0 radical (unpaired) electrons. The summed E-state index contributed by atoms with van der Waals surface area (Å²) in [7, 11) is 0. The molecule has 5 heteroatoms. The second kappa shape index (κ2) is 9.08. The Kier molecular flexibility index (Phi) is 6.76. The maximum Gasteiger partial charge on any atom is 0.165 e. The van der Waals surface area contributed by atoms with Crippen LogP contribution in [0, 0.1) is 13.8 Å². The molecule has 0 spiro atoms. The van der Waals surface area contributed by atoms with E-state index in [1.165, 1.54) is 21.3 Å². The molecule has 0 saturated carbocycles. The van der Waals surface area contributed by atoms with Crippen molar-refractivity contribution in [1.82, 2.24) is 4.90 Å². The number of halogens is 1. The van der Waals surface area contributed by atoms with Crippen LogP contribution in [0.3, 0.4) is 0 Å². The molecule has 0 amide bonds. The molecule has 4 rings (SSSR count). The van der Waals surface area contributed by atoms with Gasteiger partial charge in [0.15, 0.2) is 5.78 Å². The van der Waals surface area contributed by atoms with Crippen LogP contribution in [0.5, 0.6) is 0 Å². The molecule has 2 aromatic carbocycles. The van der Waals surface area contributed by atoms with Crippen LogP contribution in [-0.4, -0.2) is 43.4 Å². The Bertz CT molecular complexity index is 955. The minimum Gasteiger partial charge on any atom is -0.368 e. The van der Waals surface area contributed by atoms with Gasteiger partial charge in [-0.2, -0.15) is 0 Å². The number of aryl methyl sites for hydroxylation is 2. The molecular weight excluding hydrogens is 388 g/mol. The summed E-state index contributed by atoms with van der Waals surface area (Å²) in [6.45, 7) is 9.03. The van der Waals surface area contributed by atoms with E-state index in [9.17, 15) is 4.79 Å². The molecule has 0 unspecified atom stereocenters. The minimum absolute atomic E-state index is 0. The molecule has 1 aliphatic heterocycles. The molecule has 1 aromatic heterocycles. The van der Waals surface area contributed by atoms with Crippen molar-refractivity contribution in [2.75, 3.05) is 37.6 Å². The summed E-state index contributed by atoms with van der Waals surface area (Å²) in [5.74, 6) is 0.285. The summed E-state index contributed by atoms with van der Waals surface area (Å²) < 4.78 is 0. The van der Waals surface area contributed by atoms with Gasteiger partial charge in [0.2, 0.25) is 0 Å². The number of rotatable bonds is 5. The van der Waals surface area contributed by atoms with Gasteiger partial charge in [-0.15, -0.1) is 23.7 Å².